The van der Waals surface area contributed by atoms with Crippen LogP contribution >= 0.6 is 0 Å². The average molecular weight is 216 g/mol. The zero-order valence-electron chi connectivity index (χ0n) is 10.2. The second kappa shape index (κ2) is 6.43. The number of hydrogen-bond acceptors (Lipinski definition) is 4. The molecule has 0 atom stereocenters. The number of methoxy groups -OCH3 is 1. The van der Waals surface area contributed by atoms with E-state index in [2.05, 4.69) is 24.1 Å². The lowest BCUT2D eigenvalue weighted by Crippen LogP contribution is -2.43. The molecule has 0 saturated carbocycles. The van der Waals surface area contributed by atoms with Gasteiger partial charge in [-0.25, -0.2) is 0 Å². The first-order valence-electron chi connectivity index (χ1n) is 5.70. The van der Waals surface area contributed by atoms with Crippen molar-refractivity contribution in [3.8, 4) is 0 Å². The van der Waals surface area contributed by atoms with E-state index in [4.69, 9.17) is 9.47 Å². The summed E-state index contributed by atoms with van der Waals surface area (Å²) in [7, 11) is 1.75. The van der Waals surface area contributed by atoms with E-state index < -0.39 is 0 Å². The number of ether oxygens (including phenoxy) is 2. The molecule has 1 rings (SSSR count). The van der Waals surface area contributed by atoms with Gasteiger partial charge in [-0.2, -0.15) is 0 Å². The van der Waals surface area contributed by atoms with Crippen LogP contribution in [-0.2, 0) is 9.47 Å². The Morgan fingerprint density at radius 3 is 2.60 bits per heavy atom. The van der Waals surface area contributed by atoms with Gasteiger partial charge in [0.15, 0.2) is 0 Å². The van der Waals surface area contributed by atoms with Crippen molar-refractivity contribution >= 4 is 0 Å². The molecule has 0 unspecified atom stereocenters. The van der Waals surface area contributed by atoms with Crippen LogP contribution in [0.15, 0.2) is 0 Å². The number of hydrogen-bond donors (Lipinski definition) is 1. The molecule has 1 aliphatic rings. The fourth-order valence-corrected chi connectivity index (χ4v) is 1.52. The van der Waals surface area contributed by atoms with Crippen LogP contribution in [0.2, 0.25) is 0 Å². The standard InChI is InChI=1S/C11H24N2O2/c1-11(2,14-3)10-12-4-5-13-6-8-15-9-7-13/h12H,4-10H2,1-3H3. The van der Waals surface area contributed by atoms with Gasteiger partial charge in [0.25, 0.3) is 0 Å². The molecule has 1 heterocycles. The van der Waals surface area contributed by atoms with Gasteiger partial charge in [0.2, 0.25) is 0 Å². The van der Waals surface area contributed by atoms with Crippen molar-refractivity contribution in [3.05, 3.63) is 0 Å². The molecule has 0 radical (unpaired) electrons. The van der Waals surface area contributed by atoms with E-state index >= 15 is 0 Å². The van der Waals surface area contributed by atoms with Crippen LogP contribution in [0.5, 0.6) is 0 Å². The number of nitrogens with zero attached hydrogens (tertiary/aromatic N) is 1. The number of morpholine rings is 1. The van der Waals surface area contributed by atoms with E-state index in [-0.39, 0.29) is 5.60 Å². The van der Waals surface area contributed by atoms with Crippen molar-refractivity contribution < 1.29 is 9.47 Å². The molecule has 1 aliphatic heterocycles. The second-order valence-electron chi connectivity index (χ2n) is 4.59. The van der Waals surface area contributed by atoms with Gasteiger partial charge in [0.1, 0.15) is 0 Å². The molecule has 90 valence electrons. The number of rotatable bonds is 6. The summed E-state index contributed by atoms with van der Waals surface area (Å²) in [5, 5.41) is 3.42. The van der Waals surface area contributed by atoms with E-state index in [1.165, 1.54) is 0 Å². The van der Waals surface area contributed by atoms with Crippen LogP contribution in [-0.4, -0.2) is 63.5 Å². The summed E-state index contributed by atoms with van der Waals surface area (Å²) in [6.45, 7) is 11.1. The molecule has 0 amide bonds. The van der Waals surface area contributed by atoms with E-state index in [9.17, 15) is 0 Å². The van der Waals surface area contributed by atoms with Crippen LogP contribution in [0.3, 0.4) is 0 Å². The van der Waals surface area contributed by atoms with Crippen LogP contribution in [0.1, 0.15) is 13.8 Å². The summed E-state index contributed by atoms with van der Waals surface area (Å²) in [6.07, 6.45) is 0. The zero-order chi connectivity index (χ0) is 11.1. The molecule has 1 N–H and O–H groups in total. The van der Waals surface area contributed by atoms with Gasteiger partial charge in [0, 0.05) is 39.8 Å². The van der Waals surface area contributed by atoms with Crippen molar-refractivity contribution in [2.75, 3.05) is 53.0 Å². The third-order valence-corrected chi connectivity index (χ3v) is 2.81. The van der Waals surface area contributed by atoms with E-state index in [1.807, 2.05) is 0 Å². The Morgan fingerprint density at radius 1 is 1.33 bits per heavy atom. The minimum absolute atomic E-state index is 0.0645. The summed E-state index contributed by atoms with van der Waals surface area (Å²) in [6, 6.07) is 0. The lowest BCUT2D eigenvalue weighted by atomic mass is 10.1. The van der Waals surface area contributed by atoms with Crippen LogP contribution in [0.25, 0.3) is 0 Å². The highest BCUT2D eigenvalue weighted by atomic mass is 16.5. The molecule has 0 spiro atoms. The predicted octanol–water partition coefficient (Wildman–Crippen LogP) is 0.333. The molecule has 0 aromatic heterocycles. The smallest absolute Gasteiger partial charge is 0.0746 e. The molecule has 15 heavy (non-hydrogen) atoms. The number of nitrogens with one attached hydrogen (secondary N) is 1. The Bertz CT molecular complexity index is 168. The molecule has 0 aliphatic carbocycles. The first-order chi connectivity index (χ1) is 7.14. The Kier molecular flexibility index (Phi) is 5.53. The zero-order valence-corrected chi connectivity index (χ0v) is 10.2. The second-order valence-corrected chi connectivity index (χ2v) is 4.59. The maximum atomic E-state index is 5.33. The third-order valence-electron chi connectivity index (χ3n) is 2.81. The predicted molar refractivity (Wildman–Crippen MR) is 61.2 cm³/mol. The lowest BCUT2D eigenvalue weighted by Gasteiger charge is -2.28. The van der Waals surface area contributed by atoms with Gasteiger partial charge < -0.3 is 14.8 Å². The maximum Gasteiger partial charge on any atom is 0.0746 e. The first kappa shape index (κ1) is 12.9. The van der Waals surface area contributed by atoms with Gasteiger partial charge in [0.05, 0.1) is 18.8 Å². The van der Waals surface area contributed by atoms with Crippen LogP contribution in [0.4, 0.5) is 0 Å². The topological polar surface area (TPSA) is 33.7 Å². The summed E-state index contributed by atoms with van der Waals surface area (Å²) >= 11 is 0. The highest BCUT2D eigenvalue weighted by Crippen LogP contribution is 2.04. The Balaban J connectivity index is 2.00. The van der Waals surface area contributed by atoms with Gasteiger partial charge in [-0.05, 0) is 13.8 Å². The SMILES string of the molecule is COC(C)(C)CNCCN1CCOCC1. The Hall–Kier alpha value is -0.160. The van der Waals surface area contributed by atoms with Crippen LogP contribution in [0, 0.1) is 0 Å². The third kappa shape index (κ3) is 5.47. The molecular weight excluding hydrogens is 192 g/mol. The highest BCUT2D eigenvalue weighted by molar-refractivity contribution is 4.72. The van der Waals surface area contributed by atoms with E-state index in [0.29, 0.717) is 0 Å². The molecule has 0 bridgehead atoms. The van der Waals surface area contributed by atoms with Crippen molar-refractivity contribution in [3.63, 3.8) is 0 Å². The first-order valence-corrected chi connectivity index (χ1v) is 5.70. The van der Waals surface area contributed by atoms with Gasteiger partial charge in [-0.15, -0.1) is 0 Å². The highest BCUT2D eigenvalue weighted by Gasteiger charge is 2.15. The van der Waals surface area contributed by atoms with E-state index in [1.54, 1.807) is 7.11 Å². The largest absolute Gasteiger partial charge is 0.379 e. The van der Waals surface area contributed by atoms with Crippen molar-refractivity contribution in [1.82, 2.24) is 10.2 Å². The molecule has 1 fully saturated rings. The van der Waals surface area contributed by atoms with Gasteiger partial charge >= 0.3 is 0 Å². The Morgan fingerprint density at radius 2 is 2.00 bits per heavy atom. The quantitative estimate of drug-likeness (QED) is 0.649. The summed E-state index contributed by atoms with van der Waals surface area (Å²) in [5.41, 5.74) is -0.0645. The van der Waals surface area contributed by atoms with E-state index in [0.717, 1.165) is 45.9 Å². The van der Waals surface area contributed by atoms with Gasteiger partial charge in [-0.3, -0.25) is 4.90 Å². The maximum absolute atomic E-state index is 5.33. The normalized spacial score (nSPS) is 19.4. The van der Waals surface area contributed by atoms with Crippen molar-refractivity contribution in [1.29, 1.82) is 0 Å². The van der Waals surface area contributed by atoms with Crippen molar-refractivity contribution in [2.45, 2.75) is 19.4 Å². The molecule has 4 nitrogen and oxygen atoms in total. The summed E-state index contributed by atoms with van der Waals surface area (Å²) in [4.78, 5) is 2.43. The fourth-order valence-electron chi connectivity index (χ4n) is 1.52. The monoisotopic (exact) mass is 216 g/mol. The summed E-state index contributed by atoms with van der Waals surface area (Å²) < 4.78 is 10.6. The lowest BCUT2D eigenvalue weighted by molar-refractivity contribution is 0.0197. The minimum Gasteiger partial charge on any atom is -0.379 e. The molecule has 0 aromatic rings. The van der Waals surface area contributed by atoms with Crippen molar-refractivity contribution in [2.24, 2.45) is 0 Å². The Labute approximate surface area is 92.9 Å². The molecular formula is C11H24N2O2. The minimum atomic E-state index is -0.0645. The molecule has 1 saturated heterocycles. The van der Waals surface area contributed by atoms with Crippen LogP contribution < -0.4 is 5.32 Å². The average Bonchev–Trinajstić information content (AvgIpc) is 2.26. The molecule has 4 heteroatoms. The summed E-state index contributed by atoms with van der Waals surface area (Å²) in [5.74, 6) is 0. The molecule has 0 aromatic carbocycles. The fraction of sp³-hybridized carbons (Fsp3) is 1.00. The van der Waals surface area contributed by atoms with Gasteiger partial charge in [-0.1, -0.05) is 0 Å².